The molecule has 5 heteroatoms. The van der Waals surface area contributed by atoms with Crippen LogP contribution in [0.15, 0.2) is 23.1 Å². The molecule has 2 N–H and O–H groups in total. The zero-order valence-corrected chi connectivity index (χ0v) is 13.1. The number of anilines is 2. The lowest BCUT2D eigenvalue weighted by molar-refractivity contribution is 0.450. The van der Waals surface area contributed by atoms with Gasteiger partial charge in [0.25, 0.3) is 0 Å². The Kier molecular flexibility index (Phi) is 4.58. The molecule has 1 fully saturated rings. The maximum atomic E-state index is 11.9. The topological polar surface area (TPSA) is 63.4 Å². The quantitative estimate of drug-likeness (QED) is 0.868. The summed E-state index contributed by atoms with van der Waals surface area (Å²) in [6.45, 7) is 4.86. The highest BCUT2D eigenvalue weighted by molar-refractivity contribution is 7.91. The van der Waals surface area contributed by atoms with Crippen molar-refractivity contribution in [2.75, 3.05) is 22.9 Å². The molecule has 0 spiro atoms. The first-order valence-corrected chi connectivity index (χ1v) is 9.03. The number of hydrogen-bond donors (Lipinski definition) is 1. The van der Waals surface area contributed by atoms with Crippen molar-refractivity contribution in [3.63, 3.8) is 0 Å². The second-order valence-electron chi connectivity index (χ2n) is 5.38. The molecule has 1 heterocycles. The third-order valence-electron chi connectivity index (χ3n) is 4.14. The summed E-state index contributed by atoms with van der Waals surface area (Å²) in [5.41, 5.74) is 7.38. The molecule has 1 atom stereocenters. The van der Waals surface area contributed by atoms with Gasteiger partial charge < -0.3 is 10.6 Å². The predicted molar refractivity (Wildman–Crippen MR) is 83.9 cm³/mol. The molecule has 0 saturated carbocycles. The molecule has 1 saturated heterocycles. The summed E-state index contributed by atoms with van der Waals surface area (Å²) < 4.78 is 23.9. The van der Waals surface area contributed by atoms with E-state index in [1.165, 1.54) is 19.3 Å². The van der Waals surface area contributed by atoms with Crippen LogP contribution in [0.3, 0.4) is 0 Å². The van der Waals surface area contributed by atoms with Crippen molar-refractivity contribution in [2.24, 2.45) is 0 Å². The van der Waals surface area contributed by atoms with Crippen molar-refractivity contribution in [1.29, 1.82) is 0 Å². The number of sulfone groups is 1. The van der Waals surface area contributed by atoms with Crippen LogP contribution in [0.1, 0.15) is 39.5 Å². The number of hydrogen-bond acceptors (Lipinski definition) is 4. The molecule has 1 unspecified atom stereocenters. The lowest BCUT2D eigenvalue weighted by atomic mass is 9.99. The highest BCUT2D eigenvalue weighted by atomic mass is 32.2. The Labute approximate surface area is 121 Å². The molecular weight excluding hydrogens is 272 g/mol. The average Bonchev–Trinajstić information content (AvgIpc) is 2.46. The third kappa shape index (κ3) is 2.92. The predicted octanol–water partition coefficient (Wildman–Crippen LogP) is 2.83. The first-order chi connectivity index (χ1) is 9.49. The summed E-state index contributed by atoms with van der Waals surface area (Å²) in [7, 11) is -3.24. The van der Waals surface area contributed by atoms with Crippen LogP contribution in [0, 0.1) is 0 Å². The maximum Gasteiger partial charge on any atom is 0.180 e. The highest BCUT2D eigenvalue weighted by Crippen LogP contribution is 2.30. The van der Waals surface area contributed by atoms with Gasteiger partial charge in [-0.2, -0.15) is 0 Å². The molecule has 0 radical (unpaired) electrons. The minimum Gasteiger partial charge on any atom is -0.398 e. The van der Waals surface area contributed by atoms with Gasteiger partial charge in [0.2, 0.25) is 0 Å². The average molecular weight is 296 g/mol. The number of nitrogens with two attached hydrogens (primary N) is 1. The Bertz CT molecular complexity index is 569. The molecular formula is C15H24N2O2S. The minimum absolute atomic E-state index is 0.0812. The van der Waals surface area contributed by atoms with Gasteiger partial charge in [-0.1, -0.05) is 13.8 Å². The number of piperidine rings is 1. The third-order valence-corrected chi connectivity index (χ3v) is 5.94. The lowest BCUT2D eigenvalue weighted by Gasteiger charge is -2.37. The molecule has 4 nitrogen and oxygen atoms in total. The molecule has 112 valence electrons. The Hall–Kier alpha value is -1.23. The molecule has 1 aromatic rings. The Morgan fingerprint density at radius 3 is 2.65 bits per heavy atom. The summed E-state index contributed by atoms with van der Waals surface area (Å²) >= 11 is 0. The summed E-state index contributed by atoms with van der Waals surface area (Å²) in [5, 5.41) is 0. The standard InChI is InChI=1S/C15H24N2O2S/c1-3-12-7-5-6-10-17(12)13-8-9-15(14(16)11-13)20(18,19)4-2/h8-9,11-12H,3-7,10,16H2,1-2H3. The van der Waals surface area contributed by atoms with E-state index < -0.39 is 9.84 Å². The lowest BCUT2D eigenvalue weighted by Crippen LogP contribution is -2.39. The van der Waals surface area contributed by atoms with Crippen LogP contribution in [0.4, 0.5) is 11.4 Å². The number of nitrogen functional groups attached to an aromatic ring is 1. The minimum atomic E-state index is -3.24. The number of rotatable bonds is 4. The van der Waals surface area contributed by atoms with Crippen LogP contribution < -0.4 is 10.6 Å². The van der Waals surface area contributed by atoms with E-state index >= 15 is 0 Å². The van der Waals surface area contributed by atoms with Gasteiger partial charge in [0.1, 0.15) is 0 Å². The van der Waals surface area contributed by atoms with Crippen LogP contribution in [-0.2, 0) is 9.84 Å². The van der Waals surface area contributed by atoms with E-state index in [0.29, 0.717) is 11.7 Å². The van der Waals surface area contributed by atoms with Crippen LogP contribution >= 0.6 is 0 Å². The number of nitrogens with zero attached hydrogens (tertiary/aromatic N) is 1. The van der Waals surface area contributed by atoms with E-state index in [1.807, 2.05) is 12.1 Å². The summed E-state index contributed by atoms with van der Waals surface area (Å²) in [4.78, 5) is 2.62. The Balaban J connectivity index is 2.33. The van der Waals surface area contributed by atoms with E-state index in [9.17, 15) is 8.42 Å². The van der Waals surface area contributed by atoms with Crippen molar-refractivity contribution in [3.05, 3.63) is 18.2 Å². The van der Waals surface area contributed by atoms with Gasteiger partial charge in [-0.05, 0) is 43.9 Å². The van der Waals surface area contributed by atoms with E-state index in [4.69, 9.17) is 5.73 Å². The van der Waals surface area contributed by atoms with Crippen molar-refractivity contribution in [1.82, 2.24) is 0 Å². The fraction of sp³-hybridized carbons (Fsp3) is 0.600. The van der Waals surface area contributed by atoms with Crippen molar-refractivity contribution in [2.45, 2.75) is 50.5 Å². The molecule has 1 aromatic carbocycles. The molecule has 0 aliphatic carbocycles. The van der Waals surface area contributed by atoms with Gasteiger partial charge in [-0.25, -0.2) is 8.42 Å². The van der Waals surface area contributed by atoms with Gasteiger partial charge in [-0.3, -0.25) is 0 Å². The second-order valence-corrected chi connectivity index (χ2v) is 7.62. The van der Waals surface area contributed by atoms with E-state index in [-0.39, 0.29) is 10.6 Å². The van der Waals surface area contributed by atoms with Crippen LogP contribution in [0.2, 0.25) is 0 Å². The van der Waals surface area contributed by atoms with Gasteiger partial charge >= 0.3 is 0 Å². The molecule has 0 aromatic heterocycles. The van der Waals surface area contributed by atoms with Gasteiger partial charge in [0, 0.05) is 18.3 Å². The van der Waals surface area contributed by atoms with Crippen molar-refractivity contribution in [3.8, 4) is 0 Å². The van der Waals surface area contributed by atoms with Crippen molar-refractivity contribution >= 4 is 21.2 Å². The fourth-order valence-electron chi connectivity index (χ4n) is 2.92. The zero-order valence-electron chi connectivity index (χ0n) is 12.3. The molecule has 0 bridgehead atoms. The Morgan fingerprint density at radius 2 is 2.05 bits per heavy atom. The van der Waals surface area contributed by atoms with Crippen LogP contribution in [0.5, 0.6) is 0 Å². The monoisotopic (exact) mass is 296 g/mol. The van der Waals surface area contributed by atoms with Gasteiger partial charge in [-0.15, -0.1) is 0 Å². The van der Waals surface area contributed by atoms with Gasteiger partial charge in [0.15, 0.2) is 9.84 Å². The summed E-state index contributed by atoms with van der Waals surface area (Å²) in [5.74, 6) is 0.0812. The van der Waals surface area contributed by atoms with E-state index in [0.717, 1.165) is 18.7 Å². The molecule has 2 rings (SSSR count). The number of benzene rings is 1. The van der Waals surface area contributed by atoms with E-state index in [1.54, 1.807) is 13.0 Å². The second kappa shape index (κ2) is 6.04. The largest absolute Gasteiger partial charge is 0.398 e. The summed E-state index contributed by atoms with van der Waals surface area (Å²) in [6.07, 6.45) is 4.76. The fourth-order valence-corrected chi connectivity index (χ4v) is 3.92. The smallest absolute Gasteiger partial charge is 0.180 e. The molecule has 1 aliphatic heterocycles. The SMILES string of the molecule is CCC1CCCCN1c1ccc(S(=O)(=O)CC)c(N)c1. The molecule has 0 amide bonds. The highest BCUT2D eigenvalue weighted by Gasteiger charge is 2.23. The summed E-state index contributed by atoms with van der Waals surface area (Å²) in [6, 6.07) is 5.91. The van der Waals surface area contributed by atoms with Gasteiger partial charge in [0.05, 0.1) is 16.3 Å². The van der Waals surface area contributed by atoms with E-state index in [2.05, 4.69) is 11.8 Å². The zero-order chi connectivity index (χ0) is 14.8. The molecule has 20 heavy (non-hydrogen) atoms. The Morgan fingerprint density at radius 1 is 1.30 bits per heavy atom. The first-order valence-electron chi connectivity index (χ1n) is 7.38. The van der Waals surface area contributed by atoms with Crippen molar-refractivity contribution < 1.29 is 8.42 Å². The first kappa shape index (κ1) is 15.2. The van der Waals surface area contributed by atoms with Crippen LogP contribution in [0.25, 0.3) is 0 Å². The molecule has 1 aliphatic rings. The normalized spacial score (nSPS) is 20.1. The van der Waals surface area contributed by atoms with Crippen LogP contribution in [-0.4, -0.2) is 26.8 Å². The maximum absolute atomic E-state index is 11.9.